The number of esters is 1. The molecule has 0 fully saturated rings. The van der Waals surface area contributed by atoms with Crippen LogP contribution in [0, 0.1) is 6.92 Å². The van der Waals surface area contributed by atoms with Crippen molar-refractivity contribution in [3.63, 3.8) is 0 Å². The summed E-state index contributed by atoms with van der Waals surface area (Å²) in [7, 11) is 3.85. The molecule has 1 heterocycles. The van der Waals surface area contributed by atoms with Gasteiger partial charge in [0, 0.05) is 31.5 Å². The molecule has 0 atom stereocenters. The van der Waals surface area contributed by atoms with Gasteiger partial charge in [-0.25, -0.2) is 4.98 Å². The lowest BCUT2D eigenvalue weighted by Gasteiger charge is -2.26. The summed E-state index contributed by atoms with van der Waals surface area (Å²) in [5.41, 5.74) is 1.53. The van der Waals surface area contributed by atoms with Gasteiger partial charge < -0.3 is 19.0 Å². The van der Waals surface area contributed by atoms with Crippen LogP contribution in [0.3, 0.4) is 0 Å². The summed E-state index contributed by atoms with van der Waals surface area (Å²) in [6, 6.07) is 7.99. The summed E-state index contributed by atoms with van der Waals surface area (Å²) in [6.45, 7) is 8.50. The summed E-state index contributed by atoms with van der Waals surface area (Å²) in [6.07, 6.45) is 2.26. The number of likely N-dealkylation sites (N-methyl/N-ethyl adjacent to an activating group) is 1. The summed E-state index contributed by atoms with van der Waals surface area (Å²) in [5.74, 6) is 0.643. The van der Waals surface area contributed by atoms with Gasteiger partial charge in [-0.15, -0.1) is 0 Å². The molecule has 7 nitrogen and oxygen atoms in total. The van der Waals surface area contributed by atoms with E-state index in [2.05, 4.69) is 4.98 Å². The Bertz CT molecular complexity index is 835. The van der Waals surface area contributed by atoms with Crippen LogP contribution in [0.4, 0.5) is 0 Å². The van der Waals surface area contributed by atoms with Crippen LogP contribution in [0.25, 0.3) is 11.3 Å². The first kappa shape index (κ1) is 23.6. The molecule has 0 bridgehead atoms. The number of nitrogens with zero attached hydrogens (tertiary/aromatic N) is 3. The minimum Gasteiger partial charge on any atom is -0.459 e. The van der Waals surface area contributed by atoms with Gasteiger partial charge in [0.1, 0.15) is 12.1 Å². The summed E-state index contributed by atoms with van der Waals surface area (Å²) >= 11 is 0. The molecule has 1 aromatic heterocycles. The van der Waals surface area contributed by atoms with E-state index in [1.54, 1.807) is 6.20 Å². The molecule has 0 aliphatic carbocycles. The van der Waals surface area contributed by atoms with Crippen molar-refractivity contribution in [2.75, 3.05) is 33.7 Å². The second-order valence-corrected chi connectivity index (χ2v) is 8.69. The van der Waals surface area contributed by atoms with Crippen LogP contribution in [0.15, 0.2) is 34.9 Å². The molecule has 0 radical (unpaired) electrons. The molecule has 0 spiro atoms. The smallest absolute Gasteiger partial charge is 0.326 e. The molecule has 0 unspecified atom stereocenters. The van der Waals surface area contributed by atoms with Gasteiger partial charge in [0.05, 0.1) is 6.20 Å². The Morgan fingerprint density at radius 2 is 1.77 bits per heavy atom. The highest BCUT2D eigenvalue weighted by Crippen LogP contribution is 2.21. The quantitative estimate of drug-likeness (QED) is 0.585. The fourth-order valence-corrected chi connectivity index (χ4v) is 2.79. The van der Waals surface area contributed by atoms with Crippen molar-refractivity contribution in [1.29, 1.82) is 0 Å². The van der Waals surface area contributed by atoms with E-state index < -0.39 is 11.6 Å². The molecule has 1 aromatic carbocycles. The minimum atomic E-state index is -0.585. The Kier molecular flexibility index (Phi) is 8.17. The number of hydrogen-bond acceptors (Lipinski definition) is 6. The van der Waals surface area contributed by atoms with Crippen molar-refractivity contribution in [1.82, 2.24) is 14.8 Å². The second kappa shape index (κ2) is 10.4. The van der Waals surface area contributed by atoms with E-state index in [1.165, 1.54) is 10.5 Å². The average molecular weight is 416 g/mol. The fraction of sp³-hybridized carbons (Fsp3) is 0.522. The van der Waals surface area contributed by atoms with Gasteiger partial charge in [-0.1, -0.05) is 29.8 Å². The SMILES string of the molecule is Cc1ccc(-c2cnc(CCC(=O)N(CCN(C)C)CC(=O)OC(C)(C)C)o2)cc1. The van der Waals surface area contributed by atoms with Crippen LogP contribution in [-0.4, -0.2) is 66.0 Å². The molecular formula is C23H33N3O4. The molecule has 164 valence electrons. The summed E-state index contributed by atoms with van der Waals surface area (Å²) in [5, 5.41) is 0. The topological polar surface area (TPSA) is 75.9 Å². The maximum absolute atomic E-state index is 12.8. The highest BCUT2D eigenvalue weighted by Gasteiger charge is 2.22. The van der Waals surface area contributed by atoms with Gasteiger partial charge in [-0.3, -0.25) is 9.59 Å². The van der Waals surface area contributed by atoms with Crippen LogP contribution in [0.2, 0.25) is 0 Å². The third-order valence-electron chi connectivity index (χ3n) is 4.35. The van der Waals surface area contributed by atoms with Gasteiger partial charge in [0.25, 0.3) is 0 Å². The van der Waals surface area contributed by atoms with Crippen molar-refractivity contribution in [3.05, 3.63) is 41.9 Å². The standard InChI is InChI=1S/C23H33N3O4/c1-17-7-9-18(10-8-17)19-15-24-20(29-19)11-12-21(27)26(14-13-25(5)6)16-22(28)30-23(2,3)4/h7-10,15H,11-14,16H2,1-6H3. The number of carbonyl (C=O) groups is 2. The number of oxazole rings is 1. The van der Waals surface area contributed by atoms with E-state index >= 15 is 0 Å². The number of amides is 1. The van der Waals surface area contributed by atoms with Crippen molar-refractivity contribution in [2.45, 2.75) is 46.1 Å². The molecule has 0 N–H and O–H groups in total. The van der Waals surface area contributed by atoms with Crippen molar-refractivity contribution >= 4 is 11.9 Å². The highest BCUT2D eigenvalue weighted by atomic mass is 16.6. The first-order valence-electron chi connectivity index (χ1n) is 10.2. The molecule has 2 rings (SSSR count). The number of rotatable bonds is 9. The molecule has 0 aliphatic rings. The van der Waals surface area contributed by atoms with Crippen molar-refractivity contribution in [3.8, 4) is 11.3 Å². The number of carbonyl (C=O) groups excluding carboxylic acids is 2. The molecule has 7 heteroatoms. The normalized spacial score (nSPS) is 11.6. The monoisotopic (exact) mass is 415 g/mol. The van der Waals surface area contributed by atoms with Crippen molar-refractivity contribution in [2.24, 2.45) is 0 Å². The minimum absolute atomic E-state index is 0.0653. The van der Waals surface area contributed by atoms with Crippen LogP contribution < -0.4 is 0 Å². The third kappa shape index (κ3) is 7.99. The molecule has 1 amide bonds. The fourth-order valence-electron chi connectivity index (χ4n) is 2.79. The van der Waals surface area contributed by atoms with E-state index in [4.69, 9.17) is 9.15 Å². The molecule has 0 saturated heterocycles. The van der Waals surface area contributed by atoms with Gasteiger partial charge >= 0.3 is 5.97 Å². The summed E-state index contributed by atoms with van der Waals surface area (Å²) in [4.78, 5) is 32.8. The Balaban J connectivity index is 1.97. The van der Waals surface area contributed by atoms with E-state index in [0.717, 1.165) is 5.56 Å². The number of hydrogen-bond donors (Lipinski definition) is 0. The van der Waals surface area contributed by atoms with E-state index in [9.17, 15) is 9.59 Å². The lowest BCUT2D eigenvalue weighted by atomic mass is 10.1. The van der Waals surface area contributed by atoms with Gasteiger partial charge in [-0.05, 0) is 41.8 Å². The average Bonchev–Trinajstić information content (AvgIpc) is 3.11. The Labute approximate surface area is 179 Å². The van der Waals surface area contributed by atoms with Crippen LogP contribution in [0.1, 0.15) is 38.6 Å². The molecule has 2 aromatic rings. The zero-order chi connectivity index (χ0) is 22.3. The van der Waals surface area contributed by atoms with E-state index in [0.29, 0.717) is 31.2 Å². The summed E-state index contributed by atoms with van der Waals surface area (Å²) < 4.78 is 11.2. The zero-order valence-electron chi connectivity index (χ0n) is 18.9. The first-order valence-corrected chi connectivity index (χ1v) is 10.2. The zero-order valence-corrected chi connectivity index (χ0v) is 18.9. The maximum atomic E-state index is 12.8. The first-order chi connectivity index (χ1) is 14.0. The lowest BCUT2D eigenvalue weighted by Crippen LogP contribution is -2.42. The predicted octanol–water partition coefficient (Wildman–Crippen LogP) is 3.31. The van der Waals surface area contributed by atoms with Gasteiger partial charge in [0.15, 0.2) is 11.7 Å². The van der Waals surface area contributed by atoms with Gasteiger partial charge in [-0.2, -0.15) is 0 Å². The molecular weight excluding hydrogens is 382 g/mol. The van der Waals surface area contributed by atoms with Crippen LogP contribution in [0.5, 0.6) is 0 Å². The van der Waals surface area contributed by atoms with Crippen LogP contribution in [-0.2, 0) is 20.7 Å². The Morgan fingerprint density at radius 3 is 2.37 bits per heavy atom. The number of benzene rings is 1. The Morgan fingerprint density at radius 1 is 1.10 bits per heavy atom. The Hall–Kier alpha value is -2.67. The van der Waals surface area contributed by atoms with Crippen LogP contribution >= 0.6 is 0 Å². The molecule has 30 heavy (non-hydrogen) atoms. The second-order valence-electron chi connectivity index (χ2n) is 8.69. The lowest BCUT2D eigenvalue weighted by molar-refractivity contribution is -0.159. The largest absolute Gasteiger partial charge is 0.459 e. The van der Waals surface area contributed by atoms with E-state index in [-0.39, 0.29) is 18.9 Å². The number of aromatic nitrogens is 1. The van der Waals surface area contributed by atoms with Gasteiger partial charge in [0.2, 0.25) is 5.91 Å². The maximum Gasteiger partial charge on any atom is 0.326 e. The molecule has 0 aliphatic heterocycles. The van der Waals surface area contributed by atoms with E-state index in [1.807, 2.05) is 71.0 Å². The molecule has 0 saturated carbocycles. The number of ether oxygens (including phenoxy) is 1. The third-order valence-corrected chi connectivity index (χ3v) is 4.35. The van der Waals surface area contributed by atoms with Crippen molar-refractivity contribution < 1.29 is 18.7 Å². The predicted molar refractivity (Wildman–Crippen MR) is 116 cm³/mol. The number of aryl methyl sites for hydroxylation is 2. The highest BCUT2D eigenvalue weighted by molar-refractivity contribution is 5.82.